The number of rotatable bonds is 5. The number of fused-ring (bicyclic) bond motifs is 2. The highest BCUT2D eigenvalue weighted by Crippen LogP contribution is 2.48. The second-order valence-corrected chi connectivity index (χ2v) is 5.70. The molecule has 0 aliphatic heterocycles. The van der Waals surface area contributed by atoms with E-state index < -0.39 is 30.3 Å². The number of nitrogens with one attached hydrogen (secondary N) is 1. The number of para-hydroxylation sites is 2. The SMILES string of the molecule is O=C(O)[C@@H]1[C@H](C(=O)Nc2ccccc2OC(F)F)[C@@H]2C=C[C@H]1C2. The zero-order valence-corrected chi connectivity index (χ0v) is 12.0. The molecule has 4 atom stereocenters. The van der Waals surface area contributed by atoms with Gasteiger partial charge in [-0.1, -0.05) is 24.3 Å². The van der Waals surface area contributed by atoms with E-state index >= 15 is 0 Å². The van der Waals surface area contributed by atoms with Crippen LogP contribution in [0.4, 0.5) is 14.5 Å². The number of aliphatic carboxylic acids is 1. The Bertz CT molecular complexity index is 661. The molecule has 5 nitrogen and oxygen atoms in total. The molecule has 3 rings (SSSR count). The number of benzene rings is 1. The Hall–Kier alpha value is -2.44. The molecular weight excluding hydrogens is 308 g/mol. The van der Waals surface area contributed by atoms with Crippen LogP contribution < -0.4 is 10.1 Å². The number of hydrogen-bond donors (Lipinski definition) is 2. The van der Waals surface area contributed by atoms with Crippen LogP contribution in [-0.4, -0.2) is 23.6 Å². The van der Waals surface area contributed by atoms with Gasteiger partial charge in [0.1, 0.15) is 5.75 Å². The van der Waals surface area contributed by atoms with Crippen molar-refractivity contribution in [2.24, 2.45) is 23.7 Å². The number of anilines is 1. The Morgan fingerprint density at radius 1 is 1.17 bits per heavy atom. The summed E-state index contributed by atoms with van der Waals surface area (Å²) < 4.78 is 29.2. The maximum absolute atomic E-state index is 12.5. The summed E-state index contributed by atoms with van der Waals surface area (Å²) in [6.45, 7) is -3.01. The average Bonchev–Trinajstić information content (AvgIpc) is 3.09. The molecule has 1 aromatic rings. The van der Waals surface area contributed by atoms with Crippen LogP contribution in [-0.2, 0) is 9.59 Å². The summed E-state index contributed by atoms with van der Waals surface area (Å²) in [7, 11) is 0. The highest BCUT2D eigenvalue weighted by Gasteiger charge is 2.51. The average molecular weight is 323 g/mol. The quantitative estimate of drug-likeness (QED) is 0.817. The summed E-state index contributed by atoms with van der Waals surface area (Å²) in [4.78, 5) is 23.9. The topological polar surface area (TPSA) is 75.6 Å². The van der Waals surface area contributed by atoms with Crippen molar-refractivity contribution in [3.8, 4) is 5.75 Å². The first-order chi connectivity index (χ1) is 11.0. The van der Waals surface area contributed by atoms with E-state index in [2.05, 4.69) is 10.1 Å². The second-order valence-electron chi connectivity index (χ2n) is 5.70. The number of amides is 1. The zero-order chi connectivity index (χ0) is 16.6. The molecule has 2 N–H and O–H groups in total. The van der Waals surface area contributed by atoms with Gasteiger partial charge in [-0.05, 0) is 30.4 Å². The van der Waals surface area contributed by atoms with Crippen LogP contribution in [0.25, 0.3) is 0 Å². The zero-order valence-electron chi connectivity index (χ0n) is 12.0. The van der Waals surface area contributed by atoms with E-state index in [1.807, 2.05) is 12.2 Å². The highest BCUT2D eigenvalue weighted by molar-refractivity contribution is 5.97. The Labute approximate surface area is 130 Å². The maximum Gasteiger partial charge on any atom is 0.387 e. The van der Waals surface area contributed by atoms with Crippen molar-refractivity contribution in [3.05, 3.63) is 36.4 Å². The normalized spacial score (nSPS) is 28.1. The molecule has 122 valence electrons. The second kappa shape index (κ2) is 5.98. The number of ether oxygens (including phenoxy) is 1. The molecule has 1 amide bonds. The predicted molar refractivity (Wildman–Crippen MR) is 77.1 cm³/mol. The lowest BCUT2D eigenvalue weighted by molar-refractivity contribution is -0.146. The first-order valence-corrected chi connectivity index (χ1v) is 7.23. The summed E-state index contributed by atoms with van der Waals surface area (Å²) in [5.74, 6) is -3.43. The van der Waals surface area contributed by atoms with E-state index in [1.54, 1.807) is 6.07 Å². The molecule has 2 aliphatic rings. The van der Waals surface area contributed by atoms with Crippen molar-refractivity contribution >= 4 is 17.6 Å². The third-order valence-electron chi connectivity index (χ3n) is 4.41. The molecule has 0 aromatic heterocycles. The van der Waals surface area contributed by atoms with Crippen molar-refractivity contribution in [1.82, 2.24) is 0 Å². The minimum Gasteiger partial charge on any atom is -0.481 e. The van der Waals surface area contributed by atoms with Crippen LogP contribution in [0.2, 0.25) is 0 Å². The van der Waals surface area contributed by atoms with Gasteiger partial charge in [0.25, 0.3) is 0 Å². The monoisotopic (exact) mass is 323 g/mol. The first kappa shape index (κ1) is 15.5. The summed E-state index contributed by atoms with van der Waals surface area (Å²) in [5, 5.41) is 11.9. The van der Waals surface area contributed by atoms with Gasteiger partial charge in [-0.15, -0.1) is 0 Å². The van der Waals surface area contributed by atoms with Crippen LogP contribution in [0.15, 0.2) is 36.4 Å². The van der Waals surface area contributed by atoms with Gasteiger partial charge in [-0.2, -0.15) is 8.78 Å². The number of carbonyl (C=O) groups excluding carboxylic acids is 1. The molecule has 0 heterocycles. The molecule has 1 aromatic carbocycles. The smallest absolute Gasteiger partial charge is 0.387 e. The van der Waals surface area contributed by atoms with Crippen molar-refractivity contribution in [2.75, 3.05) is 5.32 Å². The minimum atomic E-state index is -3.01. The van der Waals surface area contributed by atoms with Gasteiger partial charge in [-0.25, -0.2) is 0 Å². The number of carboxylic acid groups (broad SMARTS) is 1. The van der Waals surface area contributed by atoms with Crippen LogP contribution in [0.1, 0.15) is 6.42 Å². The Morgan fingerprint density at radius 3 is 2.48 bits per heavy atom. The summed E-state index contributed by atoms with van der Waals surface area (Å²) in [5.41, 5.74) is 0.105. The standard InChI is InChI=1S/C16H15F2NO4/c17-16(18)23-11-4-2-1-3-10(11)19-14(20)12-8-5-6-9(7-8)13(12)15(21)22/h1-6,8-9,12-13,16H,7H2,(H,19,20)(H,21,22)/t8-,9+,12-,13+/m1/s1. The fourth-order valence-corrected chi connectivity index (χ4v) is 3.50. The van der Waals surface area contributed by atoms with E-state index in [0.29, 0.717) is 6.42 Å². The summed E-state index contributed by atoms with van der Waals surface area (Å²) in [6.07, 6.45) is 4.32. The van der Waals surface area contributed by atoms with E-state index in [1.165, 1.54) is 18.2 Å². The van der Waals surface area contributed by atoms with Gasteiger partial charge in [-0.3, -0.25) is 9.59 Å². The molecule has 23 heavy (non-hydrogen) atoms. The van der Waals surface area contributed by atoms with Crippen molar-refractivity contribution in [3.63, 3.8) is 0 Å². The third kappa shape index (κ3) is 2.91. The van der Waals surface area contributed by atoms with E-state index in [9.17, 15) is 23.5 Å². The molecular formula is C16H15F2NO4. The van der Waals surface area contributed by atoms with E-state index in [4.69, 9.17) is 0 Å². The molecule has 0 saturated heterocycles. The minimum absolute atomic E-state index is 0.105. The van der Waals surface area contributed by atoms with Crippen LogP contribution in [0.5, 0.6) is 5.75 Å². The molecule has 1 saturated carbocycles. The number of carbonyl (C=O) groups is 2. The number of hydrogen-bond acceptors (Lipinski definition) is 3. The molecule has 1 fully saturated rings. The van der Waals surface area contributed by atoms with Gasteiger partial charge in [0.05, 0.1) is 17.5 Å². The Balaban J connectivity index is 1.80. The first-order valence-electron chi connectivity index (χ1n) is 7.23. The van der Waals surface area contributed by atoms with Gasteiger partial charge >= 0.3 is 12.6 Å². The van der Waals surface area contributed by atoms with Crippen LogP contribution >= 0.6 is 0 Å². The Morgan fingerprint density at radius 2 is 1.83 bits per heavy atom. The summed E-state index contributed by atoms with van der Waals surface area (Å²) in [6, 6.07) is 5.84. The molecule has 0 spiro atoms. The molecule has 0 unspecified atom stereocenters. The van der Waals surface area contributed by atoms with Crippen molar-refractivity contribution in [1.29, 1.82) is 0 Å². The van der Waals surface area contributed by atoms with E-state index in [0.717, 1.165) is 0 Å². The lowest BCUT2D eigenvalue weighted by atomic mass is 9.82. The Kier molecular flexibility index (Phi) is 4.02. The maximum atomic E-state index is 12.5. The third-order valence-corrected chi connectivity index (χ3v) is 4.41. The number of carboxylic acids is 1. The largest absolute Gasteiger partial charge is 0.481 e. The fourth-order valence-electron chi connectivity index (χ4n) is 3.50. The lowest BCUT2D eigenvalue weighted by Crippen LogP contribution is -2.36. The summed E-state index contributed by atoms with van der Waals surface area (Å²) >= 11 is 0. The molecule has 2 aliphatic carbocycles. The van der Waals surface area contributed by atoms with Crippen molar-refractivity contribution in [2.45, 2.75) is 13.0 Å². The molecule has 7 heteroatoms. The van der Waals surface area contributed by atoms with Gasteiger partial charge in [0.15, 0.2) is 0 Å². The van der Waals surface area contributed by atoms with Crippen LogP contribution in [0, 0.1) is 23.7 Å². The fraction of sp³-hybridized carbons (Fsp3) is 0.375. The van der Waals surface area contributed by atoms with Crippen LogP contribution in [0.3, 0.4) is 0 Å². The number of halogens is 2. The number of allylic oxidation sites excluding steroid dienone is 2. The lowest BCUT2D eigenvalue weighted by Gasteiger charge is -2.24. The molecule has 0 radical (unpaired) electrons. The van der Waals surface area contributed by atoms with E-state index in [-0.39, 0.29) is 23.3 Å². The van der Waals surface area contributed by atoms with Crippen molar-refractivity contribution < 1.29 is 28.2 Å². The highest BCUT2D eigenvalue weighted by atomic mass is 19.3. The van der Waals surface area contributed by atoms with Gasteiger partial charge < -0.3 is 15.2 Å². The molecule has 2 bridgehead atoms. The van der Waals surface area contributed by atoms with Gasteiger partial charge in [0.2, 0.25) is 5.91 Å². The predicted octanol–water partition coefficient (Wildman–Crippen LogP) is 2.75. The number of alkyl halides is 2. The van der Waals surface area contributed by atoms with Gasteiger partial charge in [0, 0.05) is 0 Å².